The largest absolute Gasteiger partial charge is 0.352 e. The van der Waals surface area contributed by atoms with Crippen LogP contribution in [0, 0.1) is 11.8 Å². The highest BCUT2D eigenvalue weighted by molar-refractivity contribution is 4.84. The Morgan fingerprint density at radius 3 is 2.20 bits per heavy atom. The summed E-state index contributed by atoms with van der Waals surface area (Å²) in [7, 11) is 2.15. The third-order valence-electron chi connectivity index (χ3n) is 2.99. The number of likely N-dealkylation sites (N-methyl/N-ethyl adjacent to an activating group) is 1. The summed E-state index contributed by atoms with van der Waals surface area (Å²) < 4.78 is 11.0. The fourth-order valence-corrected chi connectivity index (χ4v) is 1.91. The zero-order chi connectivity index (χ0) is 11.3. The molecular formula is C12H25NO2. The maximum atomic E-state index is 5.52. The molecule has 2 unspecified atom stereocenters. The van der Waals surface area contributed by atoms with E-state index in [1.165, 1.54) is 13.0 Å². The summed E-state index contributed by atoms with van der Waals surface area (Å²) in [5.74, 6) is 1.82. The van der Waals surface area contributed by atoms with Crippen LogP contribution >= 0.6 is 0 Å². The molecule has 0 radical (unpaired) electrons. The van der Waals surface area contributed by atoms with Gasteiger partial charge in [0.15, 0.2) is 6.29 Å². The van der Waals surface area contributed by atoms with E-state index in [1.54, 1.807) is 0 Å². The monoisotopic (exact) mass is 215 g/mol. The second-order valence-corrected chi connectivity index (χ2v) is 4.53. The zero-order valence-electron chi connectivity index (χ0n) is 10.5. The van der Waals surface area contributed by atoms with Crippen molar-refractivity contribution in [2.75, 3.05) is 33.4 Å². The van der Waals surface area contributed by atoms with Crippen molar-refractivity contribution in [2.24, 2.45) is 11.8 Å². The highest BCUT2D eigenvalue weighted by Gasteiger charge is 2.33. The first-order chi connectivity index (χ1) is 7.17. The van der Waals surface area contributed by atoms with Gasteiger partial charge < -0.3 is 14.4 Å². The Balaban J connectivity index is 2.17. The smallest absolute Gasteiger partial charge is 0.170 e. The minimum absolute atomic E-state index is 0.0564. The molecule has 2 atom stereocenters. The highest BCUT2D eigenvalue weighted by atomic mass is 16.7. The quantitative estimate of drug-likeness (QED) is 0.578. The molecule has 90 valence electrons. The molecule has 0 aromatic heterocycles. The molecule has 0 aliphatic heterocycles. The van der Waals surface area contributed by atoms with E-state index in [1.807, 2.05) is 13.8 Å². The van der Waals surface area contributed by atoms with E-state index in [2.05, 4.69) is 18.9 Å². The number of hydrogen-bond acceptors (Lipinski definition) is 3. The number of rotatable bonds is 8. The van der Waals surface area contributed by atoms with Crippen LogP contribution in [0.4, 0.5) is 0 Å². The first-order valence-electron chi connectivity index (χ1n) is 6.09. The second-order valence-electron chi connectivity index (χ2n) is 4.53. The van der Waals surface area contributed by atoms with Crippen molar-refractivity contribution in [1.29, 1.82) is 0 Å². The molecule has 1 aliphatic carbocycles. The van der Waals surface area contributed by atoms with Crippen molar-refractivity contribution in [3.63, 3.8) is 0 Å². The molecule has 1 saturated carbocycles. The summed E-state index contributed by atoms with van der Waals surface area (Å²) >= 11 is 0. The lowest BCUT2D eigenvalue weighted by atomic mass is 10.3. The molecule has 0 spiro atoms. The van der Waals surface area contributed by atoms with E-state index >= 15 is 0 Å². The van der Waals surface area contributed by atoms with Crippen molar-refractivity contribution < 1.29 is 9.47 Å². The van der Waals surface area contributed by atoms with E-state index in [0.29, 0.717) is 0 Å². The first-order valence-corrected chi connectivity index (χ1v) is 6.09. The van der Waals surface area contributed by atoms with Crippen LogP contribution in [0.3, 0.4) is 0 Å². The standard InChI is InChI=1S/C12H25NO2/c1-5-14-12(15-6-2)9-13(4)8-11-7-10(11)3/h10-12H,5-9H2,1-4H3. The van der Waals surface area contributed by atoms with Gasteiger partial charge in [0.2, 0.25) is 0 Å². The van der Waals surface area contributed by atoms with Crippen LogP contribution in [0.15, 0.2) is 0 Å². The number of nitrogens with zero attached hydrogens (tertiary/aromatic N) is 1. The Kier molecular flexibility index (Phi) is 5.58. The third kappa shape index (κ3) is 4.96. The van der Waals surface area contributed by atoms with Gasteiger partial charge in [0.05, 0.1) is 0 Å². The lowest BCUT2D eigenvalue weighted by molar-refractivity contribution is -0.145. The predicted molar refractivity (Wildman–Crippen MR) is 61.8 cm³/mol. The average molecular weight is 215 g/mol. The molecule has 0 aromatic carbocycles. The number of ether oxygens (including phenoxy) is 2. The van der Waals surface area contributed by atoms with Crippen molar-refractivity contribution in [3.8, 4) is 0 Å². The molecule has 0 amide bonds. The van der Waals surface area contributed by atoms with Crippen LogP contribution in [-0.4, -0.2) is 44.5 Å². The van der Waals surface area contributed by atoms with Gasteiger partial charge in [-0.05, 0) is 39.2 Å². The minimum atomic E-state index is -0.0564. The van der Waals surface area contributed by atoms with Gasteiger partial charge >= 0.3 is 0 Å². The fourth-order valence-electron chi connectivity index (χ4n) is 1.91. The van der Waals surface area contributed by atoms with Gasteiger partial charge in [-0.1, -0.05) is 6.92 Å². The van der Waals surface area contributed by atoms with Crippen molar-refractivity contribution in [2.45, 2.75) is 33.5 Å². The maximum Gasteiger partial charge on any atom is 0.170 e. The highest BCUT2D eigenvalue weighted by Crippen LogP contribution is 2.37. The van der Waals surface area contributed by atoms with Crippen LogP contribution in [0.25, 0.3) is 0 Å². The second kappa shape index (κ2) is 6.46. The molecule has 15 heavy (non-hydrogen) atoms. The summed E-state index contributed by atoms with van der Waals surface area (Å²) in [6.45, 7) is 9.84. The molecule has 3 heteroatoms. The Bertz CT molecular complexity index is 169. The fraction of sp³-hybridized carbons (Fsp3) is 1.00. The summed E-state index contributed by atoms with van der Waals surface area (Å²) in [5.41, 5.74) is 0. The molecular weight excluding hydrogens is 190 g/mol. The minimum Gasteiger partial charge on any atom is -0.352 e. The van der Waals surface area contributed by atoms with Crippen LogP contribution in [0.1, 0.15) is 27.2 Å². The molecule has 3 nitrogen and oxygen atoms in total. The Labute approximate surface area is 93.7 Å². The van der Waals surface area contributed by atoms with Gasteiger partial charge in [0.1, 0.15) is 0 Å². The topological polar surface area (TPSA) is 21.7 Å². The van der Waals surface area contributed by atoms with E-state index in [9.17, 15) is 0 Å². The van der Waals surface area contributed by atoms with Gasteiger partial charge in [-0.2, -0.15) is 0 Å². The summed E-state index contributed by atoms with van der Waals surface area (Å²) in [6.07, 6.45) is 1.33. The molecule has 0 aromatic rings. The van der Waals surface area contributed by atoms with E-state index in [0.717, 1.165) is 31.6 Å². The van der Waals surface area contributed by atoms with E-state index in [-0.39, 0.29) is 6.29 Å². The Morgan fingerprint density at radius 1 is 1.27 bits per heavy atom. The molecule has 1 fully saturated rings. The SMILES string of the molecule is CCOC(CN(C)CC1CC1C)OCC. The molecule has 0 heterocycles. The third-order valence-corrected chi connectivity index (χ3v) is 2.99. The summed E-state index contributed by atoms with van der Waals surface area (Å²) in [6, 6.07) is 0. The number of hydrogen-bond donors (Lipinski definition) is 0. The van der Waals surface area contributed by atoms with E-state index < -0.39 is 0 Å². The molecule has 0 saturated heterocycles. The van der Waals surface area contributed by atoms with Crippen LogP contribution in [-0.2, 0) is 9.47 Å². The van der Waals surface area contributed by atoms with Gasteiger partial charge in [-0.25, -0.2) is 0 Å². The molecule has 1 aliphatic rings. The first kappa shape index (κ1) is 12.9. The molecule has 1 rings (SSSR count). The Hall–Kier alpha value is -0.120. The molecule has 0 bridgehead atoms. The van der Waals surface area contributed by atoms with Crippen LogP contribution in [0.5, 0.6) is 0 Å². The van der Waals surface area contributed by atoms with Crippen LogP contribution in [0.2, 0.25) is 0 Å². The lowest BCUT2D eigenvalue weighted by Gasteiger charge is -2.23. The van der Waals surface area contributed by atoms with Gasteiger partial charge in [-0.3, -0.25) is 0 Å². The van der Waals surface area contributed by atoms with E-state index in [4.69, 9.17) is 9.47 Å². The lowest BCUT2D eigenvalue weighted by Crippen LogP contribution is -2.34. The zero-order valence-corrected chi connectivity index (χ0v) is 10.5. The summed E-state index contributed by atoms with van der Waals surface area (Å²) in [4.78, 5) is 2.32. The average Bonchev–Trinajstić information content (AvgIpc) is 2.82. The van der Waals surface area contributed by atoms with Crippen molar-refractivity contribution >= 4 is 0 Å². The van der Waals surface area contributed by atoms with Crippen LogP contribution < -0.4 is 0 Å². The van der Waals surface area contributed by atoms with Gasteiger partial charge in [0, 0.05) is 26.3 Å². The Morgan fingerprint density at radius 2 is 1.80 bits per heavy atom. The van der Waals surface area contributed by atoms with Crippen molar-refractivity contribution in [3.05, 3.63) is 0 Å². The van der Waals surface area contributed by atoms with Crippen molar-refractivity contribution in [1.82, 2.24) is 4.90 Å². The van der Waals surface area contributed by atoms with Gasteiger partial charge in [-0.15, -0.1) is 0 Å². The molecule has 0 N–H and O–H groups in total. The summed E-state index contributed by atoms with van der Waals surface area (Å²) in [5, 5.41) is 0. The maximum absolute atomic E-state index is 5.52. The normalized spacial score (nSPS) is 25.2. The van der Waals surface area contributed by atoms with Gasteiger partial charge in [0.25, 0.3) is 0 Å². The predicted octanol–water partition coefficient (Wildman–Crippen LogP) is 1.97.